The minimum absolute atomic E-state index is 0.0326. The highest BCUT2D eigenvalue weighted by molar-refractivity contribution is 5.92. The smallest absolute Gasteiger partial charge is 0.287 e. The Balaban J connectivity index is 1.92. The van der Waals surface area contributed by atoms with Gasteiger partial charge in [-0.15, -0.1) is 0 Å². The van der Waals surface area contributed by atoms with Gasteiger partial charge in [-0.25, -0.2) is 0 Å². The van der Waals surface area contributed by atoms with Crippen molar-refractivity contribution in [2.75, 3.05) is 6.54 Å². The largest absolute Gasteiger partial charge is 0.459 e. The molecule has 1 aliphatic rings. The van der Waals surface area contributed by atoms with Gasteiger partial charge in [0.25, 0.3) is 5.91 Å². The van der Waals surface area contributed by atoms with Crippen molar-refractivity contribution in [3.05, 3.63) is 24.2 Å². The molecule has 2 rings (SSSR count). The lowest BCUT2D eigenvalue weighted by molar-refractivity contribution is -0.119. The maximum atomic E-state index is 11.4. The van der Waals surface area contributed by atoms with Crippen molar-refractivity contribution in [2.45, 2.75) is 12.5 Å². The SMILES string of the molecule is O=C1CC(NC(=O)c2ccco2)CN1. The Morgan fingerprint density at radius 1 is 1.64 bits per heavy atom. The number of furan rings is 1. The molecule has 14 heavy (non-hydrogen) atoms. The Kier molecular flexibility index (Phi) is 2.22. The molecule has 0 spiro atoms. The molecule has 0 radical (unpaired) electrons. The monoisotopic (exact) mass is 194 g/mol. The van der Waals surface area contributed by atoms with Crippen molar-refractivity contribution in [1.29, 1.82) is 0 Å². The van der Waals surface area contributed by atoms with Crippen LogP contribution in [0.15, 0.2) is 22.8 Å². The highest BCUT2D eigenvalue weighted by Gasteiger charge is 2.23. The van der Waals surface area contributed by atoms with E-state index in [1.807, 2.05) is 0 Å². The molecule has 1 aromatic heterocycles. The van der Waals surface area contributed by atoms with Crippen molar-refractivity contribution in [1.82, 2.24) is 10.6 Å². The summed E-state index contributed by atoms with van der Waals surface area (Å²) in [4.78, 5) is 22.3. The van der Waals surface area contributed by atoms with Crippen LogP contribution >= 0.6 is 0 Å². The first-order valence-electron chi connectivity index (χ1n) is 4.37. The van der Waals surface area contributed by atoms with Gasteiger partial charge in [0, 0.05) is 13.0 Å². The van der Waals surface area contributed by atoms with Gasteiger partial charge < -0.3 is 15.1 Å². The number of nitrogens with one attached hydrogen (secondary N) is 2. The molecular formula is C9H10N2O3. The van der Waals surface area contributed by atoms with E-state index in [9.17, 15) is 9.59 Å². The van der Waals surface area contributed by atoms with E-state index >= 15 is 0 Å². The first-order valence-corrected chi connectivity index (χ1v) is 4.37. The predicted molar refractivity (Wildman–Crippen MR) is 47.6 cm³/mol. The van der Waals surface area contributed by atoms with Gasteiger partial charge in [0.15, 0.2) is 5.76 Å². The van der Waals surface area contributed by atoms with Crippen LogP contribution in [0.4, 0.5) is 0 Å². The maximum Gasteiger partial charge on any atom is 0.287 e. The Bertz CT molecular complexity index is 345. The lowest BCUT2D eigenvalue weighted by atomic mass is 10.2. The average Bonchev–Trinajstić information content (AvgIpc) is 2.75. The van der Waals surface area contributed by atoms with Crippen LogP contribution in [0, 0.1) is 0 Å². The molecule has 2 heterocycles. The lowest BCUT2D eigenvalue weighted by Gasteiger charge is -2.07. The molecule has 1 fully saturated rings. The summed E-state index contributed by atoms with van der Waals surface area (Å²) in [5.74, 6) is -0.0457. The summed E-state index contributed by atoms with van der Waals surface area (Å²) in [6.45, 7) is 0.491. The second kappa shape index (κ2) is 3.53. The molecule has 1 unspecified atom stereocenters. The summed E-state index contributed by atoms with van der Waals surface area (Å²) in [5.41, 5.74) is 0. The van der Waals surface area contributed by atoms with Gasteiger partial charge in [-0.1, -0.05) is 0 Å². The topological polar surface area (TPSA) is 71.3 Å². The summed E-state index contributed by atoms with van der Waals surface area (Å²) < 4.78 is 4.92. The molecule has 5 heteroatoms. The van der Waals surface area contributed by atoms with Crippen LogP contribution in [0.1, 0.15) is 17.0 Å². The molecule has 0 saturated carbocycles. The van der Waals surface area contributed by atoms with Crippen molar-refractivity contribution < 1.29 is 14.0 Å². The van der Waals surface area contributed by atoms with Crippen LogP contribution in [0.5, 0.6) is 0 Å². The van der Waals surface area contributed by atoms with Crippen molar-refractivity contribution >= 4 is 11.8 Å². The molecule has 2 N–H and O–H groups in total. The first-order chi connectivity index (χ1) is 6.75. The standard InChI is InChI=1S/C9H10N2O3/c12-8-4-6(5-10-8)11-9(13)7-2-1-3-14-7/h1-3,6H,4-5H2,(H,10,12)(H,11,13). The van der Waals surface area contributed by atoms with E-state index in [1.54, 1.807) is 12.1 Å². The molecule has 1 atom stereocenters. The summed E-state index contributed by atoms with van der Waals surface area (Å²) in [7, 11) is 0. The number of hydrogen-bond acceptors (Lipinski definition) is 3. The van der Waals surface area contributed by atoms with Gasteiger partial charge in [0.05, 0.1) is 12.3 Å². The van der Waals surface area contributed by atoms with Crippen LogP contribution in [-0.2, 0) is 4.79 Å². The zero-order chi connectivity index (χ0) is 9.97. The van der Waals surface area contributed by atoms with E-state index in [2.05, 4.69) is 10.6 Å². The van der Waals surface area contributed by atoms with Crippen LogP contribution in [0.2, 0.25) is 0 Å². The molecule has 74 valence electrons. The molecule has 0 aliphatic carbocycles. The Morgan fingerprint density at radius 3 is 3.07 bits per heavy atom. The molecule has 2 amide bonds. The quantitative estimate of drug-likeness (QED) is 0.690. The lowest BCUT2D eigenvalue weighted by Crippen LogP contribution is -2.35. The minimum atomic E-state index is -0.281. The third kappa shape index (κ3) is 1.76. The Labute approximate surface area is 80.5 Å². The molecule has 1 aliphatic heterocycles. The zero-order valence-electron chi connectivity index (χ0n) is 7.45. The summed E-state index contributed by atoms with van der Waals surface area (Å²) in [5, 5.41) is 5.33. The highest BCUT2D eigenvalue weighted by Crippen LogP contribution is 2.03. The molecule has 5 nitrogen and oxygen atoms in total. The molecule has 1 aromatic rings. The fourth-order valence-corrected chi connectivity index (χ4v) is 1.37. The summed E-state index contributed by atoms with van der Waals surface area (Å²) in [6, 6.07) is 3.10. The van der Waals surface area contributed by atoms with E-state index in [0.29, 0.717) is 13.0 Å². The third-order valence-corrected chi connectivity index (χ3v) is 2.06. The number of amides is 2. The van der Waals surface area contributed by atoms with Gasteiger partial charge in [0.2, 0.25) is 5.91 Å². The number of hydrogen-bond donors (Lipinski definition) is 2. The van der Waals surface area contributed by atoms with Crippen molar-refractivity contribution in [2.24, 2.45) is 0 Å². The second-order valence-corrected chi connectivity index (χ2v) is 3.16. The fraction of sp³-hybridized carbons (Fsp3) is 0.333. The van der Waals surface area contributed by atoms with E-state index in [1.165, 1.54) is 6.26 Å². The van der Waals surface area contributed by atoms with E-state index in [-0.39, 0.29) is 23.6 Å². The normalized spacial score (nSPS) is 20.6. The maximum absolute atomic E-state index is 11.4. The van der Waals surface area contributed by atoms with Gasteiger partial charge >= 0.3 is 0 Å². The number of carbonyl (C=O) groups excluding carboxylic acids is 2. The van der Waals surface area contributed by atoms with Gasteiger partial charge in [-0.3, -0.25) is 9.59 Å². The Hall–Kier alpha value is -1.78. The summed E-state index contributed by atoms with van der Waals surface area (Å²) in [6.07, 6.45) is 1.78. The molecule has 1 saturated heterocycles. The van der Waals surface area contributed by atoms with Crippen LogP contribution in [-0.4, -0.2) is 24.4 Å². The number of carbonyl (C=O) groups is 2. The number of rotatable bonds is 2. The Morgan fingerprint density at radius 2 is 2.50 bits per heavy atom. The van der Waals surface area contributed by atoms with Gasteiger partial charge in [0.1, 0.15) is 0 Å². The van der Waals surface area contributed by atoms with E-state index in [0.717, 1.165) is 0 Å². The molecule has 0 bridgehead atoms. The van der Waals surface area contributed by atoms with Gasteiger partial charge in [-0.2, -0.15) is 0 Å². The van der Waals surface area contributed by atoms with E-state index < -0.39 is 0 Å². The van der Waals surface area contributed by atoms with Crippen molar-refractivity contribution in [3.8, 4) is 0 Å². The molecule has 0 aromatic carbocycles. The second-order valence-electron chi connectivity index (χ2n) is 3.16. The molecular weight excluding hydrogens is 184 g/mol. The zero-order valence-corrected chi connectivity index (χ0v) is 7.45. The van der Waals surface area contributed by atoms with Crippen LogP contribution in [0.25, 0.3) is 0 Å². The average molecular weight is 194 g/mol. The van der Waals surface area contributed by atoms with Crippen LogP contribution < -0.4 is 10.6 Å². The van der Waals surface area contributed by atoms with Crippen molar-refractivity contribution in [3.63, 3.8) is 0 Å². The third-order valence-electron chi connectivity index (χ3n) is 2.06. The summed E-state index contributed by atoms with van der Waals surface area (Å²) >= 11 is 0. The predicted octanol–water partition coefficient (Wildman–Crippen LogP) is -0.102. The fourth-order valence-electron chi connectivity index (χ4n) is 1.37. The minimum Gasteiger partial charge on any atom is -0.459 e. The van der Waals surface area contributed by atoms with Crippen LogP contribution in [0.3, 0.4) is 0 Å². The van der Waals surface area contributed by atoms with Gasteiger partial charge in [-0.05, 0) is 12.1 Å². The van der Waals surface area contributed by atoms with E-state index in [4.69, 9.17) is 4.42 Å². The first kappa shape index (κ1) is 8.80. The highest BCUT2D eigenvalue weighted by atomic mass is 16.3.